The zero-order chi connectivity index (χ0) is 22.9. The van der Waals surface area contributed by atoms with E-state index >= 15 is 0 Å². The minimum Gasteiger partial charge on any atom is -0.495 e. The van der Waals surface area contributed by atoms with Crippen molar-refractivity contribution in [2.75, 3.05) is 29.9 Å². The molecule has 8 nitrogen and oxygen atoms in total. The van der Waals surface area contributed by atoms with Crippen LogP contribution in [0, 0.1) is 0 Å². The summed E-state index contributed by atoms with van der Waals surface area (Å²) in [6.07, 6.45) is 1.64. The van der Waals surface area contributed by atoms with Gasteiger partial charge in [0.15, 0.2) is 11.7 Å². The summed E-state index contributed by atoms with van der Waals surface area (Å²) in [6.45, 7) is 4.02. The van der Waals surface area contributed by atoms with Gasteiger partial charge < -0.3 is 14.4 Å². The van der Waals surface area contributed by atoms with Crippen molar-refractivity contribution in [2.45, 2.75) is 4.90 Å². The molecular weight excluding hydrogens is 474 g/mol. The first kappa shape index (κ1) is 22.1. The highest BCUT2D eigenvalue weighted by Crippen LogP contribution is 2.37. The molecule has 0 atom stereocenters. The summed E-state index contributed by atoms with van der Waals surface area (Å²) in [5.74, 6) is 0.796. The highest BCUT2D eigenvalue weighted by atomic mass is 35.5. The topological polar surface area (TPSA) is 97.8 Å². The Balaban J connectivity index is 1.60. The molecule has 1 aliphatic rings. The van der Waals surface area contributed by atoms with Crippen LogP contribution in [0.15, 0.2) is 59.3 Å². The number of sulfonamides is 1. The van der Waals surface area contributed by atoms with E-state index in [2.05, 4.69) is 16.3 Å². The number of nitrogens with zero attached hydrogens (tertiary/aromatic N) is 2. The lowest BCUT2D eigenvalue weighted by Crippen LogP contribution is -2.38. The van der Waals surface area contributed by atoms with Gasteiger partial charge in [0, 0.05) is 17.5 Å². The van der Waals surface area contributed by atoms with Gasteiger partial charge >= 0.3 is 0 Å². The molecule has 3 aromatic rings. The fourth-order valence-corrected chi connectivity index (χ4v) is 5.45. The third kappa shape index (κ3) is 4.29. The van der Waals surface area contributed by atoms with Crippen molar-refractivity contribution in [3.05, 3.63) is 59.5 Å². The van der Waals surface area contributed by atoms with Crippen LogP contribution in [-0.4, -0.2) is 39.6 Å². The Bertz CT molecular complexity index is 1310. The Morgan fingerprint density at radius 3 is 2.88 bits per heavy atom. The summed E-state index contributed by atoms with van der Waals surface area (Å²) in [5.41, 5.74) is 1.88. The Morgan fingerprint density at radius 1 is 1.34 bits per heavy atom. The van der Waals surface area contributed by atoms with E-state index < -0.39 is 10.0 Å². The second-order valence-electron chi connectivity index (χ2n) is 6.70. The van der Waals surface area contributed by atoms with E-state index in [0.717, 1.165) is 11.3 Å². The molecule has 1 amide bonds. The summed E-state index contributed by atoms with van der Waals surface area (Å²) >= 11 is 7.19. The molecule has 32 heavy (non-hydrogen) atoms. The van der Waals surface area contributed by atoms with Crippen LogP contribution in [0.4, 0.5) is 10.8 Å². The number of fused-ring (bicyclic) bond motifs is 1. The lowest BCUT2D eigenvalue weighted by atomic mass is 10.1. The molecule has 0 saturated heterocycles. The van der Waals surface area contributed by atoms with Crippen LogP contribution < -0.4 is 19.1 Å². The van der Waals surface area contributed by atoms with Crippen LogP contribution in [-0.2, 0) is 14.8 Å². The molecule has 4 rings (SSSR count). The summed E-state index contributed by atoms with van der Waals surface area (Å²) in [5, 5.41) is 2.11. The fourth-order valence-electron chi connectivity index (χ4n) is 3.13. The Labute approximate surface area is 194 Å². The molecule has 2 heterocycles. The van der Waals surface area contributed by atoms with Gasteiger partial charge in [0.2, 0.25) is 0 Å². The van der Waals surface area contributed by atoms with E-state index in [0.29, 0.717) is 35.0 Å². The van der Waals surface area contributed by atoms with E-state index in [4.69, 9.17) is 21.1 Å². The molecule has 0 bridgehead atoms. The van der Waals surface area contributed by atoms with E-state index in [-0.39, 0.29) is 27.6 Å². The summed E-state index contributed by atoms with van der Waals surface area (Å²) in [4.78, 5) is 18.2. The number of amides is 1. The Hall–Kier alpha value is -3.08. The molecule has 0 radical (unpaired) electrons. The number of hydrogen-bond acceptors (Lipinski definition) is 7. The van der Waals surface area contributed by atoms with Gasteiger partial charge in [-0.3, -0.25) is 9.52 Å². The van der Waals surface area contributed by atoms with Crippen molar-refractivity contribution in [3.8, 4) is 22.8 Å². The fraction of sp³-hybridized carbons (Fsp3) is 0.143. The Kier molecular flexibility index (Phi) is 6.09. The van der Waals surface area contributed by atoms with Crippen molar-refractivity contribution in [1.29, 1.82) is 0 Å². The molecule has 2 aromatic carbocycles. The third-order valence-electron chi connectivity index (χ3n) is 4.67. The number of rotatable bonds is 7. The van der Waals surface area contributed by atoms with Gasteiger partial charge in [-0.15, -0.1) is 17.9 Å². The van der Waals surface area contributed by atoms with Crippen molar-refractivity contribution in [2.24, 2.45) is 0 Å². The average molecular weight is 492 g/mol. The maximum atomic E-state index is 12.7. The molecule has 0 fully saturated rings. The predicted octanol–water partition coefficient (Wildman–Crippen LogP) is 4.18. The van der Waals surface area contributed by atoms with E-state index in [9.17, 15) is 13.2 Å². The molecule has 0 unspecified atom stereocenters. The smallest absolute Gasteiger partial charge is 0.265 e. The molecular formula is C21H18ClN3O5S2. The van der Waals surface area contributed by atoms with Gasteiger partial charge in [0.1, 0.15) is 11.5 Å². The molecule has 1 N–H and O–H groups in total. The van der Waals surface area contributed by atoms with Gasteiger partial charge in [-0.25, -0.2) is 13.4 Å². The van der Waals surface area contributed by atoms with Gasteiger partial charge in [-0.05, 0) is 36.4 Å². The number of nitrogens with one attached hydrogen (secondary N) is 1. The zero-order valence-corrected chi connectivity index (χ0v) is 19.3. The molecule has 1 aliphatic heterocycles. The molecule has 11 heteroatoms. The van der Waals surface area contributed by atoms with Crippen molar-refractivity contribution in [1.82, 2.24) is 4.98 Å². The van der Waals surface area contributed by atoms with Gasteiger partial charge in [-0.2, -0.15) is 0 Å². The second kappa shape index (κ2) is 8.81. The molecule has 0 spiro atoms. The van der Waals surface area contributed by atoms with Gasteiger partial charge in [0.25, 0.3) is 15.9 Å². The van der Waals surface area contributed by atoms with E-state index in [1.54, 1.807) is 34.6 Å². The number of benzene rings is 2. The van der Waals surface area contributed by atoms with Gasteiger partial charge in [0.05, 0.1) is 28.4 Å². The first-order chi connectivity index (χ1) is 15.3. The number of carbonyl (C=O) groups is 1. The van der Waals surface area contributed by atoms with Crippen molar-refractivity contribution < 1.29 is 22.7 Å². The van der Waals surface area contributed by atoms with Crippen molar-refractivity contribution in [3.63, 3.8) is 0 Å². The number of anilines is 2. The number of hydrogen-bond donors (Lipinski definition) is 1. The van der Waals surface area contributed by atoms with Crippen LogP contribution in [0.25, 0.3) is 11.3 Å². The maximum Gasteiger partial charge on any atom is 0.265 e. The van der Waals surface area contributed by atoms with Crippen LogP contribution in [0.1, 0.15) is 0 Å². The minimum atomic E-state index is -3.89. The quantitative estimate of drug-likeness (QED) is 0.498. The zero-order valence-electron chi connectivity index (χ0n) is 16.9. The monoisotopic (exact) mass is 491 g/mol. The maximum absolute atomic E-state index is 12.7. The lowest BCUT2D eigenvalue weighted by Gasteiger charge is -2.28. The van der Waals surface area contributed by atoms with Gasteiger partial charge in [-0.1, -0.05) is 17.7 Å². The number of thiazole rings is 1. The number of methoxy groups -OCH3 is 1. The number of carbonyl (C=O) groups excluding carboxylic acids is 1. The van der Waals surface area contributed by atoms with Crippen LogP contribution >= 0.6 is 22.9 Å². The Morgan fingerprint density at radius 2 is 2.16 bits per heavy atom. The number of aromatic nitrogens is 1. The standard InChI is InChI=1S/C21H18ClN3O5S2/c1-3-8-25-17-9-13(4-6-19(17)30-11-20(25)26)16-12-31-21(23-16)24-32(27,28)14-5-7-18(29-2)15(22)10-14/h3-7,9-10,12H,1,8,11H2,2H3,(H,23,24). The predicted molar refractivity (Wildman–Crippen MR) is 124 cm³/mol. The normalized spacial score (nSPS) is 13.3. The summed E-state index contributed by atoms with van der Waals surface area (Å²) in [7, 11) is -2.44. The highest BCUT2D eigenvalue weighted by Gasteiger charge is 2.25. The van der Waals surface area contributed by atoms with Crippen LogP contribution in [0.2, 0.25) is 5.02 Å². The first-order valence-electron chi connectivity index (χ1n) is 9.33. The SMILES string of the molecule is C=CCN1C(=O)COc2ccc(-c3csc(NS(=O)(=O)c4ccc(OC)c(Cl)c4)n3)cc21. The first-order valence-corrected chi connectivity index (χ1v) is 12.1. The van der Waals surface area contributed by atoms with Crippen LogP contribution in [0.3, 0.4) is 0 Å². The van der Waals surface area contributed by atoms with E-state index in [1.807, 2.05) is 0 Å². The number of halogens is 1. The average Bonchev–Trinajstić information content (AvgIpc) is 3.23. The molecule has 0 aliphatic carbocycles. The summed E-state index contributed by atoms with van der Waals surface area (Å²) in [6, 6.07) is 9.54. The lowest BCUT2D eigenvalue weighted by molar-refractivity contribution is -0.121. The second-order valence-corrected chi connectivity index (χ2v) is 9.65. The summed E-state index contributed by atoms with van der Waals surface area (Å²) < 4.78 is 38.5. The molecule has 1 aromatic heterocycles. The largest absolute Gasteiger partial charge is 0.495 e. The van der Waals surface area contributed by atoms with E-state index in [1.165, 1.54) is 25.3 Å². The highest BCUT2D eigenvalue weighted by molar-refractivity contribution is 7.93. The third-order valence-corrected chi connectivity index (χ3v) is 7.19. The molecule has 166 valence electrons. The minimum absolute atomic E-state index is 0.00967. The molecule has 0 saturated carbocycles. The van der Waals surface area contributed by atoms with Crippen molar-refractivity contribution >= 4 is 49.7 Å². The van der Waals surface area contributed by atoms with Crippen LogP contribution in [0.5, 0.6) is 11.5 Å². The number of ether oxygens (including phenoxy) is 2.